The molecule has 0 saturated heterocycles. The van der Waals surface area contributed by atoms with Gasteiger partial charge in [-0.25, -0.2) is 0 Å². The molecule has 0 aromatic carbocycles. The molecule has 0 spiro atoms. The number of hydrogen-bond acceptors (Lipinski definition) is 2. The van der Waals surface area contributed by atoms with Gasteiger partial charge in [-0.2, -0.15) is 0 Å². The fraction of sp³-hybridized carbons (Fsp3) is 0.636. The van der Waals surface area contributed by atoms with Crippen molar-refractivity contribution >= 4 is 11.6 Å². The van der Waals surface area contributed by atoms with Crippen molar-refractivity contribution in [3.63, 3.8) is 0 Å². The average molecular weight is 212 g/mol. The van der Waals surface area contributed by atoms with Gasteiger partial charge in [0.05, 0.1) is 6.54 Å². The first-order valence-corrected chi connectivity index (χ1v) is 5.68. The fourth-order valence-electron chi connectivity index (χ4n) is 2.64. The van der Waals surface area contributed by atoms with Gasteiger partial charge in [0.25, 0.3) is 0 Å². The lowest BCUT2D eigenvalue weighted by Gasteiger charge is -2.12. The Kier molecular flexibility index (Phi) is 2.06. The van der Waals surface area contributed by atoms with Crippen molar-refractivity contribution in [2.45, 2.75) is 31.8 Å². The second-order valence-corrected chi connectivity index (χ2v) is 4.80. The Morgan fingerprint density at radius 2 is 2.36 bits per heavy atom. The van der Waals surface area contributed by atoms with E-state index in [-0.39, 0.29) is 0 Å². The number of fused-ring (bicyclic) bond motifs is 1. The van der Waals surface area contributed by atoms with Crippen LogP contribution in [0.4, 0.5) is 0 Å². The van der Waals surface area contributed by atoms with Crippen LogP contribution in [0.2, 0.25) is 5.22 Å². The number of hydrogen-bond donors (Lipinski definition) is 1. The van der Waals surface area contributed by atoms with E-state index in [9.17, 15) is 0 Å². The monoisotopic (exact) mass is 211 g/mol. The molecule has 0 bridgehead atoms. The zero-order valence-electron chi connectivity index (χ0n) is 8.00. The van der Waals surface area contributed by atoms with Gasteiger partial charge in [-0.1, -0.05) is 0 Å². The normalized spacial score (nSPS) is 34.5. The van der Waals surface area contributed by atoms with Crippen LogP contribution in [0.25, 0.3) is 0 Å². The Morgan fingerprint density at radius 3 is 2.93 bits per heavy atom. The second kappa shape index (κ2) is 3.28. The molecule has 2 fully saturated rings. The minimum absolute atomic E-state index is 0.484. The minimum atomic E-state index is 0.484. The zero-order chi connectivity index (χ0) is 9.54. The number of nitrogens with one attached hydrogen (secondary N) is 1. The lowest BCUT2D eigenvalue weighted by Crippen LogP contribution is -2.28. The number of rotatable bonds is 3. The lowest BCUT2D eigenvalue weighted by molar-refractivity contribution is 0.425. The average Bonchev–Trinajstić information content (AvgIpc) is 2.66. The Labute approximate surface area is 88.6 Å². The number of halogens is 1. The molecule has 3 rings (SSSR count). The van der Waals surface area contributed by atoms with E-state index in [4.69, 9.17) is 16.0 Å². The molecule has 1 N–H and O–H groups in total. The molecule has 2 aliphatic carbocycles. The van der Waals surface area contributed by atoms with Crippen LogP contribution in [0.3, 0.4) is 0 Å². The van der Waals surface area contributed by atoms with Gasteiger partial charge in [-0.15, -0.1) is 0 Å². The second-order valence-electron chi connectivity index (χ2n) is 4.43. The van der Waals surface area contributed by atoms with Crippen LogP contribution in [0.1, 0.15) is 25.0 Å². The molecule has 3 atom stereocenters. The van der Waals surface area contributed by atoms with Crippen LogP contribution < -0.4 is 5.32 Å². The summed E-state index contributed by atoms with van der Waals surface area (Å²) in [5, 5.41) is 4.03. The molecule has 2 aliphatic rings. The minimum Gasteiger partial charge on any atom is -0.448 e. The van der Waals surface area contributed by atoms with E-state index in [1.54, 1.807) is 6.07 Å². The first-order chi connectivity index (χ1) is 6.83. The van der Waals surface area contributed by atoms with E-state index in [2.05, 4.69) is 5.32 Å². The van der Waals surface area contributed by atoms with Crippen LogP contribution in [-0.4, -0.2) is 6.04 Å². The van der Waals surface area contributed by atoms with Crippen molar-refractivity contribution in [3.8, 4) is 0 Å². The van der Waals surface area contributed by atoms with Crippen molar-refractivity contribution in [1.29, 1.82) is 0 Å². The van der Waals surface area contributed by atoms with Crippen molar-refractivity contribution < 1.29 is 4.42 Å². The first kappa shape index (κ1) is 8.81. The van der Waals surface area contributed by atoms with Crippen LogP contribution in [0.15, 0.2) is 16.5 Å². The Bertz CT molecular complexity index is 336. The van der Waals surface area contributed by atoms with Crippen molar-refractivity contribution in [1.82, 2.24) is 5.32 Å². The molecule has 3 heteroatoms. The van der Waals surface area contributed by atoms with E-state index in [1.807, 2.05) is 6.07 Å². The Hall–Kier alpha value is -0.470. The maximum absolute atomic E-state index is 5.70. The highest BCUT2D eigenvalue weighted by atomic mass is 35.5. The molecular formula is C11H14ClNO. The smallest absolute Gasteiger partial charge is 0.193 e. The molecule has 2 saturated carbocycles. The molecule has 76 valence electrons. The SMILES string of the molecule is Clc1ccc(CNC2CCC3CC32)o1. The van der Waals surface area contributed by atoms with E-state index in [0.29, 0.717) is 5.22 Å². The zero-order valence-corrected chi connectivity index (χ0v) is 8.76. The fourth-order valence-corrected chi connectivity index (χ4v) is 2.80. The summed E-state index contributed by atoms with van der Waals surface area (Å²) in [7, 11) is 0. The topological polar surface area (TPSA) is 25.2 Å². The van der Waals surface area contributed by atoms with Crippen molar-refractivity contribution in [2.24, 2.45) is 11.8 Å². The molecule has 0 amide bonds. The molecule has 0 radical (unpaired) electrons. The van der Waals surface area contributed by atoms with Crippen LogP contribution in [0, 0.1) is 11.8 Å². The maximum Gasteiger partial charge on any atom is 0.193 e. The van der Waals surface area contributed by atoms with E-state index in [1.165, 1.54) is 19.3 Å². The molecule has 2 nitrogen and oxygen atoms in total. The molecule has 1 aromatic heterocycles. The quantitative estimate of drug-likeness (QED) is 0.832. The first-order valence-electron chi connectivity index (χ1n) is 5.30. The third-order valence-corrected chi connectivity index (χ3v) is 3.71. The highest BCUT2D eigenvalue weighted by molar-refractivity contribution is 6.28. The molecule has 0 aliphatic heterocycles. The highest BCUT2D eigenvalue weighted by Gasteiger charge is 2.47. The van der Waals surface area contributed by atoms with Gasteiger partial charge in [0.1, 0.15) is 5.76 Å². The summed E-state index contributed by atoms with van der Waals surface area (Å²) in [6, 6.07) is 4.46. The predicted molar refractivity (Wildman–Crippen MR) is 55.2 cm³/mol. The summed E-state index contributed by atoms with van der Waals surface area (Å²) in [6.45, 7) is 0.820. The van der Waals surface area contributed by atoms with Gasteiger partial charge in [0, 0.05) is 6.04 Å². The predicted octanol–water partition coefficient (Wildman–Crippen LogP) is 2.82. The summed E-state index contributed by atoms with van der Waals surface area (Å²) in [5.74, 6) is 2.94. The van der Waals surface area contributed by atoms with Crippen LogP contribution >= 0.6 is 11.6 Å². The third kappa shape index (κ3) is 1.57. The van der Waals surface area contributed by atoms with E-state index in [0.717, 1.165) is 30.2 Å². The third-order valence-electron chi connectivity index (χ3n) is 3.51. The van der Waals surface area contributed by atoms with Gasteiger partial charge < -0.3 is 9.73 Å². The van der Waals surface area contributed by atoms with Crippen LogP contribution in [-0.2, 0) is 6.54 Å². The van der Waals surface area contributed by atoms with E-state index >= 15 is 0 Å². The summed E-state index contributed by atoms with van der Waals surface area (Å²) in [6.07, 6.45) is 4.20. The summed E-state index contributed by atoms with van der Waals surface area (Å²) in [4.78, 5) is 0. The molecule has 1 aromatic rings. The van der Waals surface area contributed by atoms with Gasteiger partial charge in [0.2, 0.25) is 0 Å². The summed E-state index contributed by atoms with van der Waals surface area (Å²) < 4.78 is 5.30. The molecule has 14 heavy (non-hydrogen) atoms. The lowest BCUT2D eigenvalue weighted by atomic mass is 10.2. The van der Waals surface area contributed by atoms with Crippen molar-refractivity contribution in [3.05, 3.63) is 23.1 Å². The molecule has 3 unspecified atom stereocenters. The van der Waals surface area contributed by atoms with Gasteiger partial charge >= 0.3 is 0 Å². The van der Waals surface area contributed by atoms with Crippen molar-refractivity contribution in [2.75, 3.05) is 0 Å². The van der Waals surface area contributed by atoms with E-state index < -0.39 is 0 Å². The Balaban J connectivity index is 1.54. The van der Waals surface area contributed by atoms with Crippen LogP contribution in [0.5, 0.6) is 0 Å². The maximum atomic E-state index is 5.70. The standard InChI is InChI=1S/C11H14ClNO/c12-11-4-2-8(14-11)6-13-10-3-1-7-5-9(7)10/h2,4,7,9-10,13H,1,3,5-6H2. The van der Waals surface area contributed by atoms with Gasteiger partial charge in [0.15, 0.2) is 5.22 Å². The molecular weight excluding hydrogens is 198 g/mol. The van der Waals surface area contributed by atoms with Gasteiger partial charge in [-0.3, -0.25) is 0 Å². The largest absolute Gasteiger partial charge is 0.448 e. The summed E-state index contributed by atoms with van der Waals surface area (Å²) in [5.41, 5.74) is 0. The number of furan rings is 1. The van der Waals surface area contributed by atoms with Gasteiger partial charge in [-0.05, 0) is 54.8 Å². The Morgan fingerprint density at radius 1 is 1.43 bits per heavy atom. The molecule has 1 heterocycles. The summed E-state index contributed by atoms with van der Waals surface area (Å²) >= 11 is 5.70. The highest BCUT2D eigenvalue weighted by Crippen LogP contribution is 2.51.